The summed E-state index contributed by atoms with van der Waals surface area (Å²) < 4.78 is 5.64. The van der Waals surface area contributed by atoms with Crippen molar-refractivity contribution in [1.29, 1.82) is 5.26 Å². The van der Waals surface area contributed by atoms with E-state index in [-0.39, 0.29) is 11.9 Å². The third kappa shape index (κ3) is 3.36. The van der Waals surface area contributed by atoms with Crippen molar-refractivity contribution in [3.63, 3.8) is 0 Å². The standard InChI is InChI=1S/C18H16N4O2/c1-11(2)17-22-15-9-14(7-8-16(15)24-17)21-18(23)20-13-5-3-12(10-19)4-6-13/h3-9,11H,1-2H3,(H2,20,21,23). The lowest BCUT2D eigenvalue weighted by Gasteiger charge is -2.07. The van der Waals surface area contributed by atoms with Gasteiger partial charge >= 0.3 is 6.03 Å². The summed E-state index contributed by atoms with van der Waals surface area (Å²) in [6.45, 7) is 4.02. The van der Waals surface area contributed by atoms with E-state index in [1.165, 1.54) is 0 Å². The Bertz CT molecular complexity index is 920. The summed E-state index contributed by atoms with van der Waals surface area (Å²) in [6.07, 6.45) is 0. The number of amides is 2. The summed E-state index contributed by atoms with van der Waals surface area (Å²) in [5.41, 5.74) is 3.17. The topological polar surface area (TPSA) is 91.0 Å². The molecule has 0 aliphatic rings. The number of hydrogen-bond donors (Lipinski definition) is 2. The van der Waals surface area contributed by atoms with Gasteiger partial charge in [0.1, 0.15) is 5.52 Å². The van der Waals surface area contributed by atoms with Gasteiger partial charge in [-0.3, -0.25) is 0 Å². The number of fused-ring (bicyclic) bond motifs is 1. The molecule has 1 aromatic heterocycles. The van der Waals surface area contributed by atoms with Crippen molar-refractivity contribution in [1.82, 2.24) is 4.98 Å². The third-order valence-electron chi connectivity index (χ3n) is 3.43. The average molecular weight is 320 g/mol. The Morgan fingerprint density at radius 2 is 1.79 bits per heavy atom. The van der Waals surface area contributed by atoms with Crippen molar-refractivity contribution in [2.75, 3.05) is 10.6 Å². The number of rotatable bonds is 3. The Morgan fingerprint density at radius 3 is 2.46 bits per heavy atom. The normalized spacial score (nSPS) is 10.6. The molecule has 3 aromatic rings. The number of benzene rings is 2. The Balaban J connectivity index is 1.71. The third-order valence-corrected chi connectivity index (χ3v) is 3.43. The van der Waals surface area contributed by atoms with E-state index in [1.54, 1.807) is 42.5 Å². The summed E-state index contributed by atoms with van der Waals surface area (Å²) in [5, 5.41) is 14.2. The maximum Gasteiger partial charge on any atom is 0.323 e. The Kier molecular flexibility index (Phi) is 4.17. The first kappa shape index (κ1) is 15.6. The lowest BCUT2D eigenvalue weighted by molar-refractivity contribution is 0.262. The molecule has 0 saturated heterocycles. The molecule has 6 heteroatoms. The molecule has 120 valence electrons. The van der Waals surface area contributed by atoms with Crippen LogP contribution in [0.2, 0.25) is 0 Å². The molecule has 0 aliphatic carbocycles. The fourth-order valence-corrected chi connectivity index (χ4v) is 2.19. The van der Waals surface area contributed by atoms with Gasteiger partial charge in [-0.25, -0.2) is 9.78 Å². The van der Waals surface area contributed by atoms with Gasteiger partial charge in [0.2, 0.25) is 0 Å². The van der Waals surface area contributed by atoms with Gasteiger partial charge in [-0.2, -0.15) is 5.26 Å². The molecule has 3 rings (SSSR count). The van der Waals surface area contributed by atoms with Crippen LogP contribution in [0.3, 0.4) is 0 Å². The van der Waals surface area contributed by atoms with E-state index >= 15 is 0 Å². The predicted molar refractivity (Wildman–Crippen MR) is 91.9 cm³/mol. The monoisotopic (exact) mass is 320 g/mol. The highest BCUT2D eigenvalue weighted by atomic mass is 16.3. The molecule has 2 amide bonds. The molecule has 2 N–H and O–H groups in total. The van der Waals surface area contributed by atoms with Crippen LogP contribution >= 0.6 is 0 Å². The maximum absolute atomic E-state index is 12.1. The summed E-state index contributed by atoms with van der Waals surface area (Å²) in [6, 6.07) is 13.6. The number of aromatic nitrogens is 1. The molecule has 0 radical (unpaired) electrons. The number of hydrogen-bond acceptors (Lipinski definition) is 4. The van der Waals surface area contributed by atoms with Crippen LogP contribution in [0.1, 0.15) is 31.2 Å². The summed E-state index contributed by atoms with van der Waals surface area (Å²) >= 11 is 0. The van der Waals surface area contributed by atoms with Gasteiger partial charge in [-0.15, -0.1) is 0 Å². The first-order valence-corrected chi connectivity index (χ1v) is 7.54. The minimum absolute atomic E-state index is 0.202. The summed E-state index contributed by atoms with van der Waals surface area (Å²) in [5.74, 6) is 0.873. The van der Waals surface area contributed by atoms with Crippen molar-refractivity contribution in [2.45, 2.75) is 19.8 Å². The van der Waals surface area contributed by atoms with Crippen molar-refractivity contribution >= 4 is 28.5 Å². The quantitative estimate of drug-likeness (QED) is 0.745. The van der Waals surface area contributed by atoms with Gasteiger partial charge in [-0.1, -0.05) is 13.8 Å². The maximum atomic E-state index is 12.1. The number of urea groups is 1. The van der Waals surface area contributed by atoms with Crippen molar-refractivity contribution in [3.8, 4) is 6.07 Å². The Hall–Kier alpha value is -3.33. The minimum Gasteiger partial charge on any atom is -0.440 e. The lowest BCUT2D eigenvalue weighted by Crippen LogP contribution is -2.19. The van der Waals surface area contributed by atoms with Crippen molar-refractivity contribution in [2.24, 2.45) is 0 Å². The molecule has 2 aromatic carbocycles. The van der Waals surface area contributed by atoms with Gasteiger partial charge in [0.05, 0.1) is 11.6 Å². The van der Waals surface area contributed by atoms with E-state index in [2.05, 4.69) is 15.6 Å². The highest BCUT2D eigenvalue weighted by molar-refractivity contribution is 6.00. The zero-order valence-electron chi connectivity index (χ0n) is 13.3. The van der Waals surface area contributed by atoms with E-state index in [0.29, 0.717) is 33.9 Å². The molecular weight excluding hydrogens is 304 g/mol. The van der Waals surface area contributed by atoms with Gasteiger partial charge in [-0.05, 0) is 42.5 Å². The number of nitrogens with zero attached hydrogens (tertiary/aromatic N) is 2. The van der Waals surface area contributed by atoms with Crippen LogP contribution in [0.5, 0.6) is 0 Å². The second-order valence-electron chi connectivity index (χ2n) is 5.66. The van der Waals surface area contributed by atoms with E-state index < -0.39 is 0 Å². The molecule has 0 saturated carbocycles. The molecule has 0 atom stereocenters. The van der Waals surface area contributed by atoms with E-state index in [4.69, 9.17) is 9.68 Å². The van der Waals surface area contributed by atoms with Crippen LogP contribution < -0.4 is 10.6 Å². The molecule has 0 aliphatic heterocycles. The number of oxazole rings is 1. The van der Waals surface area contributed by atoms with Crippen LogP contribution in [0, 0.1) is 11.3 Å². The number of carbonyl (C=O) groups is 1. The Morgan fingerprint density at radius 1 is 1.12 bits per heavy atom. The highest BCUT2D eigenvalue weighted by Crippen LogP contribution is 2.23. The summed E-state index contributed by atoms with van der Waals surface area (Å²) in [4.78, 5) is 16.5. The van der Waals surface area contributed by atoms with Gasteiger partial charge in [0, 0.05) is 17.3 Å². The Labute approximate surface area is 139 Å². The number of anilines is 2. The average Bonchev–Trinajstić information content (AvgIpc) is 2.99. The van der Waals surface area contributed by atoms with Gasteiger partial charge in [0.15, 0.2) is 11.5 Å². The van der Waals surface area contributed by atoms with Crippen LogP contribution in [-0.4, -0.2) is 11.0 Å². The molecule has 6 nitrogen and oxygen atoms in total. The van der Waals surface area contributed by atoms with E-state index in [9.17, 15) is 4.79 Å². The SMILES string of the molecule is CC(C)c1nc2cc(NC(=O)Nc3ccc(C#N)cc3)ccc2o1. The second kappa shape index (κ2) is 6.42. The minimum atomic E-state index is -0.369. The smallest absolute Gasteiger partial charge is 0.323 e. The molecule has 1 heterocycles. The molecule has 0 fully saturated rings. The van der Waals surface area contributed by atoms with Crippen LogP contribution in [0.15, 0.2) is 46.9 Å². The molecule has 24 heavy (non-hydrogen) atoms. The largest absolute Gasteiger partial charge is 0.440 e. The second-order valence-corrected chi connectivity index (χ2v) is 5.66. The van der Waals surface area contributed by atoms with E-state index in [1.807, 2.05) is 19.9 Å². The number of nitriles is 1. The van der Waals surface area contributed by atoms with Crippen molar-refractivity contribution < 1.29 is 9.21 Å². The molecule has 0 spiro atoms. The zero-order valence-corrected chi connectivity index (χ0v) is 13.3. The number of nitrogens with one attached hydrogen (secondary N) is 2. The highest BCUT2D eigenvalue weighted by Gasteiger charge is 2.10. The fraction of sp³-hybridized carbons (Fsp3) is 0.167. The van der Waals surface area contributed by atoms with Crippen LogP contribution in [0.4, 0.5) is 16.2 Å². The number of carbonyl (C=O) groups excluding carboxylic acids is 1. The van der Waals surface area contributed by atoms with Crippen LogP contribution in [-0.2, 0) is 0 Å². The first-order valence-electron chi connectivity index (χ1n) is 7.54. The summed E-state index contributed by atoms with van der Waals surface area (Å²) in [7, 11) is 0. The zero-order chi connectivity index (χ0) is 17.1. The van der Waals surface area contributed by atoms with Crippen molar-refractivity contribution in [3.05, 3.63) is 53.9 Å². The predicted octanol–water partition coefficient (Wildman–Crippen LogP) is 4.47. The first-order chi connectivity index (χ1) is 11.5. The molecular formula is C18H16N4O2. The van der Waals surface area contributed by atoms with Gasteiger partial charge < -0.3 is 15.1 Å². The van der Waals surface area contributed by atoms with E-state index in [0.717, 1.165) is 0 Å². The molecule has 0 bridgehead atoms. The molecule has 0 unspecified atom stereocenters. The fourth-order valence-electron chi connectivity index (χ4n) is 2.19. The van der Waals surface area contributed by atoms with Crippen LogP contribution in [0.25, 0.3) is 11.1 Å². The van der Waals surface area contributed by atoms with Gasteiger partial charge in [0.25, 0.3) is 0 Å². The lowest BCUT2D eigenvalue weighted by atomic mass is 10.2.